The molecule has 1 saturated heterocycles. The lowest BCUT2D eigenvalue weighted by molar-refractivity contribution is -0.384. The predicted octanol–water partition coefficient (Wildman–Crippen LogP) is 2.90. The average Bonchev–Trinajstić information content (AvgIpc) is 3.04. The Hall–Kier alpha value is -2.38. The van der Waals surface area contributed by atoms with Crippen molar-refractivity contribution in [2.75, 3.05) is 33.2 Å². The molecule has 2 aromatic rings. The Bertz CT molecular complexity index is 781. The molecular formula is C16H16ClN3O4. The number of benzene rings is 1. The first-order chi connectivity index (χ1) is 11.5. The molecule has 1 aromatic carbocycles. The largest absolute Gasteiger partial charge is 0.451 e. The molecule has 24 heavy (non-hydrogen) atoms. The molecule has 0 bridgehead atoms. The molecule has 1 amide bonds. The molecule has 0 spiro atoms. The average molecular weight is 350 g/mol. The molecule has 1 aliphatic heterocycles. The van der Waals surface area contributed by atoms with Gasteiger partial charge in [-0.05, 0) is 25.2 Å². The first kappa shape index (κ1) is 16.5. The zero-order chi connectivity index (χ0) is 17.3. The third-order valence-electron chi connectivity index (χ3n) is 4.04. The molecule has 1 fully saturated rings. The Morgan fingerprint density at radius 2 is 1.92 bits per heavy atom. The monoisotopic (exact) mass is 349 g/mol. The molecular weight excluding hydrogens is 334 g/mol. The van der Waals surface area contributed by atoms with Crippen LogP contribution >= 0.6 is 11.6 Å². The van der Waals surface area contributed by atoms with E-state index in [0.29, 0.717) is 24.4 Å². The van der Waals surface area contributed by atoms with Crippen molar-refractivity contribution < 1.29 is 14.1 Å². The van der Waals surface area contributed by atoms with Gasteiger partial charge in [0.1, 0.15) is 5.76 Å². The molecule has 0 saturated carbocycles. The van der Waals surface area contributed by atoms with E-state index < -0.39 is 4.92 Å². The summed E-state index contributed by atoms with van der Waals surface area (Å²) in [4.78, 5) is 26.6. The number of carbonyl (C=O) groups is 1. The van der Waals surface area contributed by atoms with Crippen molar-refractivity contribution in [3.63, 3.8) is 0 Å². The highest BCUT2D eigenvalue weighted by molar-refractivity contribution is 6.33. The summed E-state index contributed by atoms with van der Waals surface area (Å²) < 4.78 is 5.63. The van der Waals surface area contributed by atoms with Crippen LogP contribution < -0.4 is 0 Å². The summed E-state index contributed by atoms with van der Waals surface area (Å²) in [5, 5.41) is 11.0. The van der Waals surface area contributed by atoms with Gasteiger partial charge in [0.2, 0.25) is 0 Å². The number of hydrogen-bond acceptors (Lipinski definition) is 5. The number of non-ortho nitro benzene ring substituents is 1. The van der Waals surface area contributed by atoms with Gasteiger partial charge in [0, 0.05) is 43.9 Å². The number of carbonyl (C=O) groups excluding carboxylic acids is 1. The molecule has 2 heterocycles. The Kier molecular flexibility index (Phi) is 4.55. The number of halogens is 1. The van der Waals surface area contributed by atoms with Crippen molar-refractivity contribution in [3.05, 3.63) is 51.2 Å². The van der Waals surface area contributed by atoms with E-state index in [1.807, 2.05) is 7.05 Å². The van der Waals surface area contributed by atoms with Gasteiger partial charge in [0.05, 0.1) is 9.95 Å². The number of nitro benzene ring substituents is 1. The minimum Gasteiger partial charge on any atom is -0.451 e. The fraction of sp³-hybridized carbons (Fsp3) is 0.312. The molecule has 7 nitrogen and oxygen atoms in total. The highest BCUT2D eigenvalue weighted by atomic mass is 35.5. The Morgan fingerprint density at radius 3 is 2.54 bits per heavy atom. The van der Waals surface area contributed by atoms with Crippen molar-refractivity contribution in [1.82, 2.24) is 9.80 Å². The second-order valence-electron chi connectivity index (χ2n) is 5.68. The van der Waals surface area contributed by atoms with Gasteiger partial charge in [-0.25, -0.2) is 0 Å². The van der Waals surface area contributed by atoms with Gasteiger partial charge in [-0.15, -0.1) is 0 Å². The van der Waals surface area contributed by atoms with Gasteiger partial charge < -0.3 is 14.2 Å². The number of furan rings is 1. The summed E-state index contributed by atoms with van der Waals surface area (Å²) >= 11 is 6.10. The Balaban J connectivity index is 1.80. The highest BCUT2D eigenvalue weighted by Gasteiger charge is 2.23. The first-order valence-electron chi connectivity index (χ1n) is 7.47. The van der Waals surface area contributed by atoms with Crippen LogP contribution in [0.4, 0.5) is 5.69 Å². The second-order valence-corrected chi connectivity index (χ2v) is 6.09. The zero-order valence-corrected chi connectivity index (χ0v) is 13.8. The van der Waals surface area contributed by atoms with Gasteiger partial charge in [0.25, 0.3) is 11.6 Å². The van der Waals surface area contributed by atoms with Gasteiger partial charge in [-0.2, -0.15) is 0 Å². The van der Waals surface area contributed by atoms with E-state index in [2.05, 4.69) is 4.90 Å². The number of nitrogens with zero attached hydrogens (tertiary/aromatic N) is 3. The molecule has 0 radical (unpaired) electrons. The second kappa shape index (κ2) is 6.62. The lowest BCUT2D eigenvalue weighted by atomic mass is 10.1. The van der Waals surface area contributed by atoms with E-state index in [4.69, 9.17) is 16.0 Å². The van der Waals surface area contributed by atoms with E-state index in [1.54, 1.807) is 17.0 Å². The van der Waals surface area contributed by atoms with Crippen LogP contribution in [0.25, 0.3) is 11.3 Å². The van der Waals surface area contributed by atoms with Crippen LogP contribution in [0.1, 0.15) is 10.6 Å². The minimum absolute atomic E-state index is 0.0935. The molecule has 0 unspecified atom stereocenters. The molecule has 0 aliphatic carbocycles. The molecule has 1 aromatic heterocycles. The normalized spacial score (nSPS) is 15.5. The molecule has 0 N–H and O–H groups in total. The fourth-order valence-corrected chi connectivity index (χ4v) is 2.85. The summed E-state index contributed by atoms with van der Waals surface area (Å²) in [7, 11) is 2.02. The van der Waals surface area contributed by atoms with Gasteiger partial charge in [-0.1, -0.05) is 11.6 Å². The summed E-state index contributed by atoms with van der Waals surface area (Å²) in [5.74, 6) is 0.490. The molecule has 3 rings (SSSR count). The summed E-state index contributed by atoms with van der Waals surface area (Å²) in [6.07, 6.45) is 0. The number of piperazine rings is 1. The van der Waals surface area contributed by atoms with Crippen LogP contribution in [-0.2, 0) is 0 Å². The summed E-state index contributed by atoms with van der Waals surface area (Å²) in [6.45, 7) is 2.97. The highest BCUT2D eigenvalue weighted by Crippen LogP contribution is 2.32. The van der Waals surface area contributed by atoms with Crippen LogP contribution in [0.3, 0.4) is 0 Å². The standard InChI is InChI=1S/C16H16ClN3O4/c1-18-6-8-19(9-7-18)16(21)15-5-4-14(24-15)12-3-2-11(20(22)23)10-13(12)17/h2-5,10H,6-9H2,1H3. The molecule has 8 heteroatoms. The Labute approximate surface area is 143 Å². The number of likely N-dealkylation sites (N-methyl/N-ethyl adjacent to an activating group) is 1. The number of amides is 1. The first-order valence-corrected chi connectivity index (χ1v) is 7.85. The van der Waals surface area contributed by atoms with Gasteiger partial charge in [-0.3, -0.25) is 14.9 Å². The number of nitro groups is 1. The molecule has 126 valence electrons. The summed E-state index contributed by atoms with van der Waals surface area (Å²) in [5.41, 5.74) is 0.420. The smallest absolute Gasteiger partial charge is 0.289 e. The number of rotatable bonds is 3. The van der Waals surface area contributed by atoms with Crippen molar-refractivity contribution in [2.45, 2.75) is 0 Å². The number of hydrogen-bond donors (Lipinski definition) is 0. The van der Waals surface area contributed by atoms with Gasteiger partial charge >= 0.3 is 0 Å². The predicted molar refractivity (Wildman–Crippen MR) is 89.2 cm³/mol. The van der Waals surface area contributed by atoms with Crippen molar-refractivity contribution in [3.8, 4) is 11.3 Å². The van der Waals surface area contributed by atoms with Crippen molar-refractivity contribution in [2.24, 2.45) is 0 Å². The minimum atomic E-state index is -0.514. The van der Waals surface area contributed by atoms with Crippen molar-refractivity contribution >= 4 is 23.2 Å². The maximum atomic E-state index is 12.5. The zero-order valence-electron chi connectivity index (χ0n) is 13.1. The van der Waals surface area contributed by atoms with Crippen molar-refractivity contribution in [1.29, 1.82) is 0 Å². The fourth-order valence-electron chi connectivity index (χ4n) is 2.58. The van der Waals surface area contributed by atoms with Crippen LogP contribution in [0.2, 0.25) is 5.02 Å². The SMILES string of the molecule is CN1CCN(C(=O)c2ccc(-c3ccc([N+](=O)[O-])cc3Cl)o2)CC1. The lowest BCUT2D eigenvalue weighted by Crippen LogP contribution is -2.47. The maximum Gasteiger partial charge on any atom is 0.289 e. The molecule has 0 atom stereocenters. The third-order valence-corrected chi connectivity index (χ3v) is 4.35. The van der Waals surface area contributed by atoms with Crippen LogP contribution in [0.15, 0.2) is 34.7 Å². The van der Waals surface area contributed by atoms with E-state index >= 15 is 0 Å². The Morgan fingerprint density at radius 1 is 1.21 bits per heavy atom. The maximum absolute atomic E-state index is 12.5. The van der Waals surface area contributed by atoms with Crippen LogP contribution in [0, 0.1) is 10.1 Å². The van der Waals surface area contributed by atoms with E-state index in [9.17, 15) is 14.9 Å². The summed E-state index contributed by atoms with van der Waals surface area (Å²) in [6, 6.07) is 7.39. The van der Waals surface area contributed by atoms with Gasteiger partial charge in [0.15, 0.2) is 5.76 Å². The topological polar surface area (TPSA) is 79.8 Å². The van der Waals surface area contributed by atoms with Crippen LogP contribution in [0.5, 0.6) is 0 Å². The van der Waals surface area contributed by atoms with E-state index in [1.165, 1.54) is 18.2 Å². The third kappa shape index (κ3) is 3.27. The quantitative estimate of drug-likeness (QED) is 0.628. The molecule has 1 aliphatic rings. The lowest BCUT2D eigenvalue weighted by Gasteiger charge is -2.31. The van der Waals surface area contributed by atoms with E-state index in [-0.39, 0.29) is 22.4 Å². The van der Waals surface area contributed by atoms with E-state index in [0.717, 1.165) is 13.1 Å². The van der Waals surface area contributed by atoms with Crippen LogP contribution in [-0.4, -0.2) is 53.9 Å².